The van der Waals surface area contributed by atoms with Gasteiger partial charge in [0.05, 0.1) is 5.56 Å². The highest BCUT2D eigenvalue weighted by molar-refractivity contribution is 5.76. The lowest BCUT2D eigenvalue weighted by atomic mass is 9.95. The third-order valence-electron chi connectivity index (χ3n) is 4.30. The van der Waals surface area contributed by atoms with Crippen molar-refractivity contribution >= 4 is 5.91 Å². The SMILES string of the molecule is Cc1ccc(-c2noc(CCC(=O)NC3CCCCC3)n2)c(=O)[nH]1. The van der Waals surface area contributed by atoms with Gasteiger partial charge in [0.15, 0.2) is 0 Å². The molecule has 2 N–H and O–H groups in total. The van der Waals surface area contributed by atoms with Gasteiger partial charge in [0.1, 0.15) is 0 Å². The van der Waals surface area contributed by atoms with Gasteiger partial charge >= 0.3 is 0 Å². The number of nitrogens with one attached hydrogen (secondary N) is 2. The fourth-order valence-corrected chi connectivity index (χ4v) is 2.98. The van der Waals surface area contributed by atoms with Crippen molar-refractivity contribution in [3.05, 3.63) is 34.1 Å². The van der Waals surface area contributed by atoms with E-state index in [1.165, 1.54) is 19.3 Å². The minimum atomic E-state index is -0.252. The van der Waals surface area contributed by atoms with Crippen LogP contribution < -0.4 is 10.9 Å². The summed E-state index contributed by atoms with van der Waals surface area (Å²) in [5.41, 5.74) is 0.881. The molecule has 2 heterocycles. The molecule has 3 rings (SSSR count). The summed E-state index contributed by atoms with van der Waals surface area (Å²) in [5.74, 6) is 0.623. The quantitative estimate of drug-likeness (QED) is 0.874. The number of H-pyrrole nitrogens is 1. The van der Waals surface area contributed by atoms with Crippen molar-refractivity contribution in [3.8, 4) is 11.4 Å². The van der Waals surface area contributed by atoms with Gasteiger partial charge < -0.3 is 14.8 Å². The van der Waals surface area contributed by atoms with E-state index in [0.29, 0.717) is 30.3 Å². The lowest BCUT2D eigenvalue weighted by molar-refractivity contribution is -0.122. The van der Waals surface area contributed by atoms with Crippen LogP contribution in [-0.4, -0.2) is 27.1 Å². The fraction of sp³-hybridized carbons (Fsp3) is 0.529. The van der Waals surface area contributed by atoms with Gasteiger partial charge in [0, 0.05) is 24.6 Å². The van der Waals surface area contributed by atoms with Crippen LogP contribution >= 0.6 is 0 Å². The van der Waals surface area contributed by atoms with Crippen LogP contribution in [0.25, 0.3) is 11.4 Å². The highest BCUT2D eigenvalue weighted by Gasteiger charge is 2.17. The average Bonchev–Trinajstić information content (AvgIpc) is 3.02. The summed E-state index contributed by atoms with van der Waals surface area (Å²) in [4.78, 5) is 30.8. The third kappa shape index (κ3) is 4.10. The van der Waals surface area contributed by atoms with Crippen LogP contribution in [0, 0.1) is 6.92 Å². The fourth-order valence-electron chi connectivity index (χ4n) is 2.98. The van der Waals surface area contributed by atoms with E-state index in [1.807, 2.05) is 0 Å². The molecule has 0 saturated heterocycles. The van der Waals surface area contributed by atoms with Crippen LogP contribution in [-0.2, 0) is 11.2 Å². The van der Waals surface area contributed by atoms with Crippen molar-refractivity contribution in [2.45, 2.75) is 57.9 Å². The Hall–Kier alpha value is -2.44. The molecular weight excluding hydrogens is 308 g/mol. The zero-order chi connectivity index (χ0) is 16.9. The molecule has 1 aliphatic rings. The number of amides is 1. The average molecular weight is 330 g/mol. The topological polar surface area (TPSA) is 101 Å². The van der Waals surface area contributed by atoms with E-state index in [2.05, 4.69) is 20.4 Å². The number of hydrogen-bond donors (Lipinski definition) is 2. The molecule has 24 heavy (non-hydrogen) atoms. The molecule has 0 atom stereocenters. The van der Waals surface area contributed by atoms with Gasteiger partial charge in [0.25, 0.3) is 5.56 Å². The van der Waals surface area contributed by atoms with Crippen molar-refractivity contribution in [3.63, 3.8) is 0 Å². The second-order valence-corrected chi connectivity index (χ2v) is 6.30. The second-order valence-electron chi connectivity index (χ2n) is 6.30. The number of carbonyl (C=O) groups excluding carboxylic acids is 1. The van der Waals surface area contributed by atoms with E-state index in [0.717, 1.165) is 18.5 Å². The minimum Gasteiger partial charge on any atom is -0.353 e. The molecule has 7 heteroatoms. The molecule has 1 fully saturated rings. The molecule has 0 spiro atoms. The van der Waals surface area contributed by atoms with E-state index >= 15 is 0 Å². The number of carbonyl (C=O) groups is 1. The number of pyridine rings is 1. The number of aromatic nitrogens is 3. The molecule has 0 bridgehead atoms. The lowest BCUT2D eigenvalue weighted by Crippen LogP contribution is -2.36. The molecule has 2 aromatic heterocycles. The highest BCUT2D eigenvalue weighted by atomic mass is 16.5. The highest BCUT2D eigenvalue weighted by Crippen LogP contribution is 2.17. The van der Waals surface area contributed by atoms with E-state index in [1.54, 1.807) is 19.1 Å². The van der Waals surface area contributed by atoms with Gasteiger partial charge in [-0.2, -0.15) is 4.98 Å². The predicted molar refractivity (Wildman–Crippen MR) is 88.4 cm³/mol. The Morgan fingerprint density at radius 2 is 2.12 bits per heavy atom. The molecule has 1 amide bonds. The molecule has 0 aromatic carbocycles. The number of rotatable bonds is 5. The summed E-state index contributed by atoms with van der Waals surface area (Å²) in [6, 6.07) is 3.75. The van der Waals surface area contributed by atoms with Crippen molar-refractivity contribution in [2.75, 3.05) is 0 Å². The summed E-state index contributed by atoms with van der Waals surface area (Å²) in [6.45, 7) is 1.80. The zero-order valence-electron chi connectivity index (χ0n) is 13.8. The van der Waals surface area contributed by atoms with Crippen LogP contribution in [0.3, 0.4) is 0 Å². The molecule has 1 saturated carbocycles. The molecule has 7 nitrogen and oxygen atoms in total. The summed E-state index contributed by atoms with van der Waals surface area (Å²) < 4.78 is 5.15. The first-order valence-electron chi connectivity index (χ1n) is 8.44. The summed E-state index contributed by atoms with van der Waals surface area (Å²) in [5, 5.41) is 6.89. The summed E-state index contributed by atoms with van der Waals surface area (Å²) >= 11 is 0. The van der Waals surface area contributed by atoms with Crippen LogP contribution in [0.2, 0.25) is 0 Å². The Morgan fingerprint density at radius 3 is 2.88 bits per heavy atom. The minimum absolute atomic E-state index is 0.00910. The van der Waals surface area contributed by atoms with Crippen LogP contribution in [0.1, 0.15) is 50.1 Å². The number of hydrogen-bond acceptors (Lipinski definition) is 5. The van der Waals surface area contributed by atoms with Crippen LogP contribution in [0.15, 0.2) is 21.5 Å². The lowest BCUT2D eigenvalue weighted by Gasteiger charge is -2.22. The summed E-state index contributed by atoms with van der Waals surface area (Å²) in [7, 11) is 0. The predicted octanol–water partition coefficient (Wildman–Crippen LogP) is 2.11. The maximum Gasteiger partial charge on any atom is 0.259 e. The molecule has 0 radical (unpaired) electrons. The molecule has 0 aliphatic heterocycles. The maximum absolute atomic E-state index is 12.0. The van der Waals surface area contributed by atoms with Crippen molar-refractivity contribution < 1.29 is 9.32 Å². The molecule has 2 aromatic rings. The number of aryl methyl sites for hydroxylation is 2. The van der Waals surface area contributed by atoms with Gasteiger partial charge in [-0.15, -0.1) is 0 Å². The Bertz CT molecular complexity index is 759. The van der Waals surface area contributed by atoms with Crippen molar-refractivity contribution in [2.24, 2.45) is 0 Å². The first kappa shape index (κ1) is 16.4. The smallest absolute Gasteiger partial charge is 0.259 e. The van der Waals surface area contributed by atoms with Gasteiger partial charge in [0.2, 0.25) is 17.6 Å². The van der Waals surface area contributed by atoms with Gasteiger partial charge in [-0.25, -0.2) is 0 Å². The maximum atomic E-state index is 12.0. The molecule has 128 valence electrons. The Morgan fingerprint density at radius 1 is 1.33 bits per heavy atom. The molecule has 0 unspecified atom stereocenters. The van der Waals surface area contributed by atoms with Crippen molar-refractivity contribution in [1.82, 2.24) is 20.4 Å². The largest absolute Gasteiger partial charge is 0.353 e. The Balaban J connectivity index is 1.56. The van der Waals surface area contributed by atoms with Crippen molar-refractivity contribution in [1.29, 1.82) is 0 Å². The van der Waals surface area contributed by atoms with Gasteiger partial charge in [-0.1, -0.05) is 24.4 Å². The van der Waals surface area contributed by atoms with E-state index < -0.39 is 0 Å². The zero-order valence-corrected chi connectivity index (χ0v) is 13.8. The monoisotopic (exact) mass is 330 g/mol. The first-order valence-corrected chi connectivity index (χ1v) is 8.44. The normalized spacial score (nSPS) is 15.4. The Kier molecular flexibility index (Phi) is 5.08. The number of aromatic amines is 1. The van der Waals surface area contributed by atoms with Gasteiger partial charge in [-0.05, 0) is 31.9 Å². The van der Waals surface area contributed by atoms with E-state index in [9.17, 15) is 9.59 Å². The first-order chi connectivity index (χ1) is 11.6. The third-order valence-corrected chi connectivity index (χ3v) is 4.30. The number of nitrogens with zero attached hydrogens (tertiary/aromatic N) is 2. The standard InChI is InChI=1S/C17H22N4O3/c1-11-7-8-13(17(23)18-11)16-20-15(24-21-16)10-9-14(22)19-12-5-3-2-4-6-12/h7-8,12H,2-6,9-10H2,1H3,(H,18,23)(H,19,22). The summed E-state index contributed by atoms with van der Waals surface area (Å²) in [6.07, 6.45) is 6.43. The second kappa shape index (κ2) is 7.42. The Labute approximate surface area is 139 Å². The van der Waals surface area contributed by atoms with Crippen LogP contribution in [0.4, 0.5) is 0 Å². The molecular formula is C17H22N4O3. The van der Waals surface area contributed by atoms with E-state index in [-0.39, 0.29) is 17.3 Å². The van der Waals surface area contributed by atoms with Crippen LogP contribution in [0.5, 0.6) is 0 Å². The van der Waals surface area contributed by atoms with Gasteiger partial charge in [-0.3, -0.25) is 9.59 Å². The van der Waals surface area contributed by atoms with E-state index in [4.69, 9.17) is 4.52 Å². The molecule has 1 aliphatic carbocycles.